The van der Waals surface area contributed by atoms with Crippen LogP contribution in [0.2, 0.25) is 0 Å². The summed E-state index contributed by atoms with van der Waals surface area (Å²) in [5.41, 5.74) is 2.90. The predicted octanol–water partition coefficient (Wildman–Crippen LogP) is 4.17. The van der Waals surface area contributed by atoms with E-state index < -0.39 is 6.10 Å². The topological polar surface area (TPSA) is 76.8 Å². The van der Waals surface area contributed by atoms with Gasteiger partial charge in [0.2, 0.25) is 0 Å². The van der Waals surface area contributed by atoms with Crippen LogP contribution in [0.3, 0.4) is 0 Å². The molecule has 0 aliphatic rings. The minimum Gasteiger partial charge on any atom is -0.496 e. The van der Waals surface area contributed by atoms with E-state index in [0.29, 0.717) is 30.1 Å². The molecule has 160 valence electrons. The second kappa shape index (κ2) is 9.59. The summed E-state index contributed by atoms with van der Waals surface area (Å²) < 4.78 is 29.5. The molecule has 1 unspecified atom stereocenters. The molecular weight excluding hydrogens is 399 g/mol. The second-order valence-electron chi connectivity index (χ2n) is 7.10. The molecule has 0 aliphatic heterocycles. The van der Waals surface area contributed by atoms with Gasteiger partial charge in [0.25, 0.3) is 0 Å². The number of rotatable bonds is 9. The first-order valence-electron chi connectivity index (χ1n) is 9.93. The van der Waals surface area contributed by atoms with Crippen LogP contribution in [0.5, 0.6) is 11.5 Å². The third kappa shape index (κ3) is 5.02. The Kier molecular flexibility index (Phi) is 6.45. The number of halogens is 1. The van der Waals surface area contributed by atoms with Crippen molar-refractivity contribution in [2.24, 2.45) is 0 Å². The average Bonchev–Trinajstić information content (AvgIpc) is 3.21. The van der Waals surface area contributed by atoms with Crippen molar-refractivity contribution < 1.29 is 23.5 Å². The van der Waals surface area contributed by atoms with Crippen molar-refractivity contribution in [2.75, 3.05) is 20.3 Å². The third-order valence-electron chi connectivity index (χ3n) is 4.89. The van der Waals surface area contributed by atoms with Crippen LogP contribution in [0.4, 0.5) is 4.39 Å². The van der Waals surface area contributed by atoms with E-state index in [4.69, 9.17) is 14.0 Å². The summed E-state index contributed by atoms with van der Waals surface area (Å²) in [4.78, 5) is 0. The largest absolute Gasteiger partial charge is 0.496 e. The average molecular weight is 422 g/mol. The lowest BCUT2D eigenvalue weighted by Gasteiger charge is -2.14. The fraction of sp³-hybridized carbons (Fsp3) is 0.208. The van der Waals surface area contributed by atoms with Gasteiger partial charge < -0.3 is 24.4 Å². The van der Waals surface area contributed by atoms with Gasteiger partial charge in [-0.1, -0.05) is 23.4 Å². The molecule has 1 atom stereocenters. The van der Waals surface area contributed by atoms with Gasteiger partial charge in [-0.15, -0.1) is 0 Å². The van der Waals surface area contributed by atoms with E-state index in [9.17, 15) is 9.50 Å². The first-order valence-corrected chi connectivity index (χ1v) is 9.93. The number of benzene rings is 3. The van der Waals surface area contributed by atoms with Gasteiger partial charge in [0, 0.05) is 35.7 Å². The third-order valence-corrected chi connectivity index (χ3v) is 4.89. The fourth-order valence-electron chi connectivity index (χ4n) is 3.30. The smallest absolute Gasteiger partial charge is 0.170 e. The molecule has 2 N–H and O–H groups in total. The normalized spacial score (nSPS) is 12.1. The first-order chi connectivity index (χ1) is 15.1. The minimum atomic E-state index is -0.663. The standard InChI is InChI=1S/C24H23FN2O4/c1-29-22-5-3-2-4-17(22)13-26-14-19(28)15-30-20-9-6-16(7-10-20)24-21-11-8-18(25)12-23(21)31-27-24/h2-12,19,26,28H,13-15H2,1H3. The van der Waals surface area contributed by atoms with E-state index in [1.54, 1.807) is 25.3 Å². The Hall–Kier alpha value is -3.42. The number of aliphatic hydroxyl groups excluding tert-OH is 1. The van der Waals surface area contributed by atoms with Gasteiger partial charge in [-0.2, -0.15) is 0 Å². The van der Waals surface area contributed by atoms with E-state index in [1.807, 2.05) is 36.4 Å². The summed E-state index contributed by atoms with van der Waals surface area (Å²) in [5.74, 6) is 1.08. The number of ether oxygens (including phenoxy) is 2. The molecule has 31 heavy (non-hydrogen) atoms. The van der Waals surface area contributed by atoms with Crippen LogP contribution < -0.4 is 14.8 Å². The molecule has 4 aromatic rings. The number of para-hydroxylation sites is 1. The number of aromatic nitrogens is 1. The van der Waals surface area contributed by atoms with Crippen molar-refractivity contribution in [1.82, 2.24) is 10.5 Å². The van der Waals surface area contributed by atoms with Crippen LogP contribution in [-0.4, -0.2) is 36.6 Å². The lowest BCUT2D eigenvalue weighted by atomic mass is 10.1. The minimum absolute atomic E-state index is 0.157. The molecule has 0 saturated heterocycles. The van der Waals surface area contributed by atoms with Crippen LogP contribution >= 0.6 is 0 Å². The maximum absolute atomic E-state index is 13.3. The van der Waals surface area contributed by atoms with Crippen molar-refractivity contribution in [3.8, 4) is 22.8 Å². The molecule has 7 heteroatoms. The van der Waals surface area contributed by atoms with Gasteiger partial charge in [0.1, 0.15) is 35.7 Å². The van der Waals surface area contributed by atoms with Crippen molar-refractivity contribution in [2.45, 2.75) is 12.6 Å². The van der Waals surface area contributed by atoms with Gasteiger partial charge >= 0.3 is 0 Å². The summed E-state index contributed by atoms with van der Waals surface area (Å²) in [5, 5.41) is 18.2. The molecule has 0 bridgehead atoms. The summed E-state index contributed by atoms with van der Waals surface area (Å²) in [7, 11) is 1.64. The summed E-state index contributed by atoms with van der Waals surface area (Å²) >= 11 is 0. The first kappa shape index (κ1) is 20.8. The van der Waals surface area contributed by atoms with E-state index in [-0.39, 0.29) is 12.4 Å². The fourth-order valence-corrected chi connectivity index (χ4v) is 3.30. The Labute approximate surface area is 179 Å². The molecule has 0 radical (unpaired) electrons. The molecule has 0 amide bonds. The molecule has 1 heterocycles. The monoisotopic (exact) mass is 422 g/mol. The van der Waals surface area contributed by atoms with E-state index >= 15 is 0 Å². The highest BCUT2D eigenvalue weighted by Gasteiger charge is 2.12. The van der Waals surface area contributed by atoms with E-state index in [0.717, 1.165) is 22.3 Å². The number of nitrogens with zero attached hydrogens (tertiary/aromatic N) is 1. The lowest BCUT2D eigenvalue weighted by Crippen LogP contribution is -2.31. The Balaban J connectivity index is 1.29. The van der Waals surface area contributed by atoms with E-state index in [1.165, 1.54) is 12.1 Å². The van der Waals surface area contributed by atoms with Gasteiger partial charge in [-0.05, 0) is 42.5 Å². The van der Waals surface area contributed by atoms with Gasteiger partial charge in [-0.3, -0.25) is 0 Å². The number of methoxy groups -OCH3 is 1. The Bertz CT molecular complexity index is 1140. The lowest BCUT2D eigenvalue weighted by molar-refractivity contribution is 0.106. The van der Waals surface area contributed by atoms with Crippen LogP contribution in [0.25, 0.3) is 22.2 Å². The highest BCUT2D eigenvalue weighted by Crippen LogP contribution is 2.29. The van der Waals surface area contributed by atoms with Crippen molar-refractivity contribution in [3.63, 3.8) is 0 Å². The maximum Gasteiger partial charge on any atom is 0.170 e. The van der Waals surface area contributed by atoms with Gasteiger partial charge in [0.05, 0.1) is 7.11 Å². The highest BCUT2D eigenvalue weighted by atomic mass is 19.1. The van der Waals surface area contributed by atoms with Gasteiger partial charge in [0.15, 0.2) is 5.58 Å². The number of aliphatic hydroxyl groups is 1. The van der Waals surface area contributed by atoms with Crippen LogP contribution in [0.1, 0.15) is 5.56 Å². The Morgan fingerprint density at radius 3 is 2.71 bits per heavy atom. The Morgan fingerprint density at radius 2 is 1.90 bits per heavy atom. The number of nitrogens with one attached hydrogen (secondary N) is 1. The molecule has 0 fully saturated rings. The Morgan fingerprint density at radius 1 is 1.10 bits per heavy atom. The molecule has 0 spiro atoms. The zero-order chi connectivity index (χ0) is 21.6. The highest BCUT2D eigenvalue weighted by molar-refractivity contribution is 5.91. The van der Waals surface area contributed by atoms with Crippen molar-refractivity contribution in [3.05, 3.63) is 78.1 Å². The summed E-state index contributed by atoms with van der Waals surface area (Å²) in [6.07, 6.45) is -0.663. The van der Waals surface area contributed by atoms with Crippen LogP contribution in [-0.2, 0) is 6.54 Å². The molecule has 1 aromatic heterocycles. The predicted molar refractivity (Wildman–Crippen MR) is 116 cm³/mol. The van der Waals surface area contributed by atoms with E-state index in [2.05, 4.69) is 10.5 Å². The molecular formula is C24H23FN2O4. The molecule has 0 saturated carbocycles. The van der Waals surface area contributed by atoms with Crippen LogP contribution in [0, 0.1) is 5.82 Å². The summed E-state index contributed by atoms with van der Waals surface area (Å²) in [6.45, 7) is 1.13. The molecule has 6 nitrogen and oxygen atoms in total. The molecule has 4 rings (SSSR count). The zero-order valence-electron chi connectivity index (χ0n) is 17.0. The molecule has 3 aromatic carbocycles. The van der Waals surface area contributed by atoms with Crippen LogP contribution in [0.15, 0.2) is 71.3 Å². The van der Waals surface area contributed by atoms with Crippen molar-refractivity contribution in [1.29, 1.82) is 0 Å². The maximum atomic E-state index is 13.3. The SMILES string of the molecule is COc1ccccc1CNCC(O)COc1ccc(-c2noc3cc(F)ccc23)cc1. The molecule has 0 aliphatic carbocycles. The van der Waals surface area contributed by atoms with Gasteiger partial charge in [-0.25, -0.2) is 4.39 Å². The number of hydrogen-bond donors (Lipinski definition) is 2. The second-order valence-corrected chi connectivity index (χ2v) is 7.10. The quantitative estimate of drug-likeness (QED) is 0.422. The number of fused-ring (bicyclic) bond motifs is 1. The summed E-state index contributed by atoms with van der Waals surface area (Å²) in [6, 6.07) is 19.4. The zero-order valence-corrected chi connectivity index (χ0v) is 17.0. The van der Waals surface area contributed by atoms with Crippen molar-refractivity contribution >= 4 is 11.0 Å². The number of hydrogen-bond acceptors (Lipinski definition) is 6.